The summed E-state index contributed by atoms with van der Waals surface area (Å²) in [6.07, 6.45) is -0.190. The van der Waals surface area contributed by atoms with Crippen molar-refractivity contribution in [2.45, 2.75) is 27.1 Å². The molecule has 0 N–H and O–H groups in total. The lowest BCUT2D eigenvalue weighted by Crippen LogP contribution is -2.23. The molecule has 18 heavy (non-hydrogen) atoms. The minimum Gasteiger partial charge on any atom is -0.379 e. The van der Waals surface area contributed by atoms with E-state index in [2.05, 4.69) is 0 Å². The van der Waals surface area contributed by atoms with Crippen molar-refractivity contribution < 1.29 is 27.5 Å². The van der Waals surface area contributed by atoms with Gasteiger partial charge in [-0.3, -0.25) is 0 Å². The van der Waals surface area contributed by atoms with Gasteiger partial charge in [-0.05, 0) is 20.8 Å². The highest BCUT2D eigenvalue weighted by molar-refractivity contribution is 6.36. The van der Waals surface area contributed by atoms with Crippen LogP contribution < -0.4 is 0 Å². The van der Waals surface area contributed by atoms with Crippen LogP contribution in [0.2, 0.25) is 0 Å². The molecule has 0 amide bonds. The van der Waals surface area contributed by atoms with Gasteiger partial charge in [0.25, 0.3) is 0 Å². The monoisotopic (exact) mass is 284 g/mol. The average Bonchev–Trinajstić information content (AvgIpc) is 2.39. The quantitative estimate of drug-likeness (QED) is 0.442. The Morgan fingerprint density at radius 2 is 1.22 bits per heavy atom. The average molecular weight is 284 g/mol. The normalized spacial score (nSPS) is 10.7. The molecule has 0 aliphatic heterocycles. The van der Waals surface area contributed by atoms with Crippen LogP contribution in [0.1, 0.15) is 20.8 Å². The molecule has 0 aliphatic rings. The third kappa shape index (κ3) is 14.0. The topological polar surface area (TPSA) is 55.4 Å². The van der Waals surface area contributed by atoms with Crippen LogP contribution in [-0.4, -0.2) is 63.6 Å². The summed E-state index contributed by atoms with van der Waals surface area (Å²) in [5.74, 6) is 0. The van der Waals surface area contributed by atoms with Gasteiger partial charge in [0.05, 0.1) is 6.61 Å². The van der Waals surface area contributed by atoms with Crippen LogP contribution in [0.15, 0.2) is 0 Å². The number of ether oxygens (including phenoxy) is 3. The first-order valence-corrected chi connectivity index (χ1v) is 7.50. The smallest absolute Gasteiger partial charge is 0.379 e. The first-order valence-electron chi connectivity index (χ1n) is 6.09. The van der Waals surface area contributed by atoms with Crippen LogP contribution in [-0.2, 0) is 27.5 Å². The molecule has 0 saturated heterocycles. The van der Waals surface area contributed by atoms with Gasteiger partial charge in [0.2, 0.25) is 0 Å². The molecule has 0 rings (SSSR count). The van der Waals surface area contributed by atoms with Crippen LogP contribution in [0.25, 0.3) is 0 Å². The molecule has 0 fully saturated rings. The first kappa shape index (κ1) is 20.3. The fraction of sp³-hybridized carbons (Fsp3) is 1.00. The van der Waals surface area contributed by atoms with Gasteiger partial charge in [-0.1, -0.05) is 0 Å². The summed E-state index contributed by atoms with van der Waals surface area (Å²) >= 11 is 0. The molecule has 0 atom stereocenters. The lowest BCUT2D eigenvalue weighted by molar-refractivity contribution is -0.166. The van der Waals surface area contributed by atoms with Gasteiger partial charge in [0.15, 0.2) is 6.29 Å². The lowest BCUT2D eigenvalue weighted by Gasteiger charge is -2.15. The van der Waals surface area contributed by atoms with Crippen LogP contribution in [0.5, 0.6) is 0 Å². The highest BCUT2D eigenvalue weighted by Crippen LogP contribution is 1.95. The van der Waals surface area contributed by atoms with E-state index in [-0.39, 0.29) is 6.29 Å². The van der Waals surface area contributed by atoms with Gasteiger partial charge in [-0.15, -0.1) is 0 Å². The molecular weight excluding hydrogens is 256 g/mol. The van der Waals surface area contributed by atoms with Gasteiger partial charge in [-0.25, -0.2) is 0 Å². The van der Waals surface area contributed by atoms with E-state index >= 15 is 0 Å². The van der Waals surface area contributed by atoms with Crippen molar-refractivity contribution in [2.75, 3.05) is 47.8 Å². The molecule has 0 aromatic rings. The van der Waals surface area contributed by atoms with Crippen molar-refractivity contribution in [3.8, 4) is 0 Å². The van der Waals surface area contributed by atoms with Gasteiger partial charge < -0.3 is 27.5 Å². The second kappa shape index (κ2) is 17.0. The first-order chi connectivity index (χ1) is 8.69. The SMILES string of the molecule is CCOCC(OCC)OCC.CO[SiH](OC)OC. The number of hydrogen-bond acceptors (Lipinski definition) is 6. The zero-order valence-corrected chi connectivity index (χ0v) is 13.6. The highest BCUT2D eigenvalue weighted by Gasteiger charge is 2.06. The standard InChI is InChI=1S/C8H18O3.C3H10O3Si/c1-4-9-7-8(10-5-2)11-6-3;1-4-7(5-2)6-3/h8H,4-7H2,1-3H3;7H,1-3H3. The molecule has 0 heterocycles. The largest absolute Gasteiger partial charge is 0.483 e. The summed E-state index contributed by atoms with van der Waals surface area (Å²) in [4.78, 5) is 0. The van der Waals surface area contributed by atoms with E-state index in [1.54, 1.807) is 21.3 Å². The Balaban J connectivity index is 0. The second-order valence-corrected chi connectivity index (χ2v) is 4.99. The Kier molecular flexibility index (Phi) is 19.1. The van der Waals surface area contributed by atoms with E-state index in [9.17, 15) is 0 Å². The van der Waals surface area contributed by atoms with Gasteiger partial charge in [0, 0.05) is 41.2 Å². The van der Waals surface area contributed by atoms with Crippen molar-refractivity contribution >= 4 is 9.53 Å². The molecule has 0 aromatic carbocycles. The van der Waals surface area contributed by atoms with E-state index in [4.69, 9.17) is 27.5 Å². The van der Waals surface area contributed by atoms with E-state index in [1.807, 2.05) is 20.8 Å². The maximum Gasteiger partial charge on any atom is 0.483 e. The van der Waals surface area contributed by atoms with Gasteiger partial charge >= 0.3 is 9.53 Å². The van der Waals surface area contributed by atoms with Gasteiger partial charge in [-0.2, -0.15) is 0 Å². The van der Waals surface area contributed by atoms with Crippen molar-refractivity contribution in [3.05, 3.63) is 0 Å². The second-order valence-electron chi connectivity index (χ2n) is 3.00. The van der Waals surface area contributed by atoms with Crippen LogP contribution in [0.4, 0.5) is 0 Å². The summed E-state index contributed by atoms with van der Waals surface area (Å²) in [6, 6.07) is 0. The van der Waals surface area contributed by atoms with Crippen molar-refractivity contribution in [1.29, 1.82) is 0 Å². The molecule has 0 unspecified atom stereocenters. The molecule has 0 saturated carbocycles. The Morgan fingerprint density at radius 1 is 0.778 bits per heavy atom. The maximum atomic E-state index is 5.24. The van der Waals surface area contributed by atoms with Crippen molar-refractivity contribution in [3.63, 3.8) is 0 Å². The van der Waals surface area contributed by atoms with Crippen molar-refractivity contribution in [2.24, 2.45) is 0 Å². The van der Waals surface area contributed by atoms with Crippen LogP contribution in [0.3, 0.4) is 0 Å². The summed E-state index contributed by atoms with van der Waals surface area (Å²) < 4.78 is 29.9. The predicted octanol–water partition coefficient (Wildman–Crippen LogP) is 1.06. The number of hydrogen-bond donors (Lipinski definition) is 0. The molecule has 0 radical (unpaired) electrons. The summed E-state index contributed by atoms with van der Waals surface area (Å²) in [7, 11) is 3.05. The minimum absolute atomic E-state index is 0.190. The number of rotatable bonds is 10. The maximum absolute atomic E-state index is 5.24. The third-order valence-corrected chi connectivity index (χ3v) is 2.90. The van der Waals surface area contributed by atoms with Crippen molar-refractivity contribution in [1.82, 2.24) is 0 Å². The van der Waals surface area contributed by atoms with E-state index in [0.717, 1.165) is 0 Å². The molecule has 112 valence electrons. The lowest BCUT2D eigenvalue weighted by atomic mass is 10.6. The molecule has 0 aliphatic carbocycles. The predicted molar refractivity (Wildman–Crippen MR) is 71.7 cm³/mol. The van der Waals surface area contributed by atoms with E-state index < -0.39 is 9.53 Å². The van der Waals surface area contributed by atoms with Gasteiger partial charge in [0.1, 0.15) is 0 Å². The molecular formula is C11H28O6Si. The van der Waals surface area contributed by atoms with Crippen LogP contribution in [0, 0.1) is 0 Å². The fourth-order valence-corrected chi connectivity index (χ4v) is 1.60. The van der Waals surface area contributed by atoms with E-state index in [1.165, 1.54) is 0 Å². The summed E-state index contributed by atoms with van der Waals surface area (Å²) in [6.45, 7) is 8.40. The molecule has 0 bridgehead atoms. The molecule has 0 aromatic heterocycles. The van der Waals surface area contributed by atoms with E-state index in [0.29, 0.717) is 26.4 Å². The van der Waals surface area contributed by atoms with Crippen LogP contribution >= 0.6 is 0 Å². The Morgan fingerprint density at radius 3 is 1.44 bits per heavy atom. The highest BCUT2D eigenvalue weighted by atomic mass is 28.3. The molecule has 6 nitrogen and oxygen atoms in total. The molecule has 7 heteroatoms. The zero-order chi connectivity index (χ0) is 14.2. The summed E-state index contributed by atoms with van der Waals surface area (Å²) in [5, 5.41) is 0. The summed E-state index contributed by atoms with van der Waals surface area (Å²) in [5.41, 5.74) is 0. The Bertz CT molecular complexity index is 134. The minimum atomic E-state index is -1.67. The zero-order valence-electron chi connectivity index (χ0n) is 12.4. The Labute approximate surface area is 112 Å². The third-order valence-electron chi connectivity index (χ3n) is 1.74. The Hall–Kier alpha value is -0.0231. The fourth-order valence-electron chi connectivity index (χ4n) is 1.02. The molecule has 0 spiro atoms.